The Balaban J connectivity index is 1.89. The normalized spacial score (nSPS) is 16.7. The van der Waals surface area contributed by atoms with E-state index in [0.717, 1.165) is 28.7 Å². The van der Waals surface area contributed by atoms with Crippen molar-refractivity contribution in [3.05, 3.63) is 91.7 Å². The molecule has 0 heterocycles. The van der Waals surface area contributed by atoms with Crippen LogP contribution in [0, 0.1) is 0 Å². The summed E-state index contributed by atoms with van der Waals surface area (Å²) in [4.78, 5) is 18.4. The number of hydrogen-bond donors (Lipinski definition) is 0. The minimum atomic E-state index is 0.0182. The highest BCUT2D eigenvalue weighted by Crippen LogP contribution is 2.29. The van der Waals surface area contributed by atoms with E-state index in [2.05, 4.69) is 20.1 Å². The number of Topliss-reactive ketones (excluding diaryl/α,β-unsaturated/α-hetero) is 1. The van der Waals surface area contributed by atoms with Gasteiger partial charge in [0, 0.05) is 32.3 Å². The number of hydrogen-bond acceptors (Lipinski definition) is 3. The molecular weight excluding hydrogens is 340 g/mol. The number of rotatable bonds is 4. The standard InChI is InChI=1S/C20H16N6O/c21-25-23-18-8-1-4-14(12-18)10-16-6-3-7-17(20(16)27)11-15-5-2-9-19(13-15)24-26-22/h1-2,4-5,8-13H,3,6-7H2/b16-10-,17-11+. The Morgan fingerprint density at radius 1 is 0.815 bits per heavy atom. The molecule has 0 amide bonds. The van der Waals surface area contributed by atoms with Crippen molar-refractivity contribution in [2.75, 3.05) is 0 Å². The first-order chi connectivity index (χ1) is 13.2. The molecule has 2 aromatic carbocycles. The van der Waals surface area contributed by atoms with E-state index in [9.17, 15) is 4.79 Å². The maximum atomic E-state index is 12.9. The third-order valence-electron chi connectivity index (χ3n) is 4.22. The van der Waals surface area contributed by atoms with Gasteiger partial charge in [-0.3, -0.25) is 4.79 Å². The van der Waals surface area contributed by atoms with Crippen LogP contribution in [0.3, 0.4) is 0 Å². The molecule has 0 spiro atoms. The Labute approximate surface area is 155 Å². The highest BCUT2D eigenvalue weighted by molar-refractivity contribution is 6.14. The van der Waals surface area contributed by atoms with Crippen molar-refractivity contribution >= 4 is 29.3 Å². The molecule has 3 rings (SSSR count). The lowest BCUT2D eigenvalue weighted by molar-refractivity contribution is -0.112. The molecule has 7 heteroatoms. The predicted molar refractivity (Wildman–Crippen MR) is 105 cm³/mol. The first kappa shape index (κ1) is 18.0. The summed E-state index contributed by atoms with van der Waals surface area (Å²) in [6.45, 7) is 0. The summed E-state index contributed by atoms with van der Waals surface area (Å²) in [5.74, 6) is 0.0182. The van der Waals surface area contributed by atoms with Gasteiger partial charge in [-0.2, -0.15) is 0 Å². The fourth-order valence-corrected chi connectivity index (χ4v) is 3.04. The number of carbonyl (C=O) groups is 1. The molecule has 1 saturated carbocycles. The lowest BCUT2D eigenvalue weighted by atomic mass is 9.87. The van der Waals surface area contributed by atoms with Gasteiger partial charge in [0.15, 0.2) is 5.78 Å². The van der Waals surface area contributed by atoms with Gasteiger partial charge in [0.2, 0.25) is 0 Å². The lowest BCUT2D eigenvalue weighted by Crippen LogP contribution is -2.12. The molecular formula is C20H16N6O. The number of nitrogens with zero attached hydrogens (tertiary/aromatic N) is 6. The smallest absolute Gasteiger partial charge is 0.185 e. The largest absolute Gasteiger partial charge is 0.289 e. The van der Waals surface area contributed by atoms with Gasteiger partial charge in [0.05, 0.1) is 0 Å². The predicted octanol–water partition coefficient (Wildman–Crippen LogP) is 6.79. The molecule has 132 valence electrons. The molecule has 7 nitrogen and oxygen atoms in total. The van der Waals surface area contributed by atoms with E-state index in [1.807, 2.05) is 24.3 Å². The van der Waals surface area contributed by atoms with Gasteiger partial charge in [-0.25, -0.2) is 0 Å². The van der Waals surface area contributed by atoms with E-state index in [0.29, 0.717) is 24.2 Å². The number of allylic oxidation sites excluding steroid dienone is 2. The van der Waals surface area contributed by atoms with Gasteiger partial charge in [0.1, 0.15) is 0 Å². The fraction of sp³-hybridized carbons (Fsp3) is 0.150. The van der Waals surface area contributed by atoms with E-state index in [-0.39, 0.29) is 5.78 Å². The summed E-state index contributed by atoms with van der Waals surface area (Å²) in [7, 11) is 0. The lowest BCUT2D eigenvalue weighted by Gasteiger charge is -2.16. The summed E-state index contributed by atoms with van der Waals surface area (Å²) >= 11 is 0. The van der Waals surface area contributed by atoms with Crippen molar-refractivity contribution < 1.29 is 4.79 Å². The van der Waals surface area contributed by atoms with Crippen LogP contribution >= 0.6 is 0 Å². The van der Waals surface area contributed by atoms with Gasteiger partial charge in [-0.1, -0.05) is 46.6 Å². The Morgan fingerprint density at radius 2 is 1.30 bits per heavy atom. The van der Waals surface area contributed by atoms with Crippen LogP contribution in [-0.4, -0.2) is 5.78 Å². The second-order valence-electron chi connectivity index (χ2n) is 6.09. The summed E-state index contributed by atoms with van der Waals surface area (Å²) in [6, 6.07) is 14.3. The molecule has 0 aliphatic heterocycles. The van der Waals surface area contributed by atoms with Gasteiger partial charge in [-0.15, -0.1) is 0 Å². The second-order valence-corrected chi connectivity index (χ2v) is 6.09. The van der Waals surface area contributed by atoms with Gasteiger partial charge < -0.3 is 0 Å². The molecule has 0 bridgehead atoms. The Hall–Kier alpha value is -3.79. The maximum absolute atomic E-state index is 12.9. The van der Waals surface area contributed by atoms with Gasteiger partial charge in [-0.05, 0) is 65.7 Å². The average molecular weight is 356 g/mol. The minimum absolute atomic E-state index is 0.0182. The van der Waals surface area contributed by atoms with Crippen LogP contribution in [0.25, 0.3) is 33.0 Å². The van der Waals surface area contributed by atoms with Crippen LogP contribution in [0.15, 0.2) is 69.9 Å². The molecule has 0 N–H and O–H groups in total. The Morgan fingerprint density at radius 3 is 1.74 bits per heavy atom. The zero-order valence-electron chi connectivity index (χ0n) is 14.5. The molecule has 0 atom stereocenters. The maximum Gasteiger partial charge on any atom is 0.185 e. The third-order valence-corrected chi connectivity index (χ3v) is 4.22. The van der Waals surface area contributed by atoms with Crippen LogP contribution in [0.1, 0.15) is 30.4 Å². The third kappa shape index (κ3) is 4.64. The van der Waals surface area contributed by atoms with Crippen molar-refractivity contribution in [1.29, 1.82) is 0 Å². The fourth-order valence-electron chi connectivity index (χ4n) is 3.04. The van der Waals surface area contributed by atoms with E-state index >= 15 is 0 Å². The van der Waals surface area contributed by atoms with E-state index < -0.39 is 0 Å². The van der Waals surface area contributed by atoms with E-state index in [1.165, 1.54) is 0 Å². The highest BCUT2D eigenvalue weighted by Gasteiger charge is 2.20. The van der Waals surface area contributed by atoms with Crippen LogP contribution in [-0.2, 0) is 4.79 Å². The van der Waals surface area contributed by atoms with Gasteiger partial charge >= 0.3 is 0 Å². The van der Waals surface area contributed by atoms with Crippen LogP contribution in [0.5, 0.6) is 0 Å². The van der Waals surface area contributed by atoms with Crippen LogP contribution < -0.4 is 0 Å². The topological polar surface area (TPSA) is 115 Å². The number of ketones is 1. The zero-order valence-corrected chi connectivity index (χ0v) is 14.5. The summed E-state index contributed by atoms with van der Waals surface area (Å²) in [5.41, 5.74) is 21.3. The number of azide groups is 2. The first-order valence-corrected chi connectivity index (χ1v) is 8.46. The monoisotopic (exact) mass is 356 g/mol. The molecule has 27 heavy (non-hydrogen) atoms. The van der Waals surface area contributed by atoms with Crippen molar-refractivity contribution in [2.45, 2.75) is 19.3 Å². The molecule has 2 aromatic rings. The molecule has 0 aromatic heterocycles. The Bertz CT molecular complexity index is 958. The van der Waals surface area contributed by atoms with Crippen LogP contribution in [0.4, 0.5) is 11.4 Å². The summed E-state index contributed by atoms with van der Waals surface area (Å²) in [6.07, 6.45) is 6.00. The summed E-state index contributed by atoms with van der Waals surface area (Å²) < 4.78 is 0. The molecule has 0 saturated heterocycles. The molecule has 0 unspecified atom stereocenters. The quantitative estimate of drug-likeness (QED) is 0.255. The average Bonchev–Trinajstić information content (AvgIpc) is 2.66. The number of benzene rings is 2. The highest BCUT2D eigenvalue weighted by atomic mass is 16.1. The van der Waals surface area contributed by atoms with Crippen molar-refractivity contribution in [3.8, 4) is 0 Å². The van der Waals surface area contributed by atoms with E-state index in [4.69, 9.17) is 11.1 Å². The van der Waals surface area contributed by atoms with E-state index in [1.54, 1.807) is 36.4 Å². The minimum Gasteiger partial charge on any atom is -0.289 e. The SMILES string of the molecule is [N-]=[N+]=Nc1cccc(/C=C2/CCC/C(=C\c3cccc(N=[N+]=[N-])c3)C2=O)c1. The zero-order chi connectivity index (χ0) is 19.1. The molecule has 1 aliphatic rings. The molecule has 1 fully saturated rings. The number of carbonyl (C=O) groups excluding carboxylic acids is 1. The van der Waals surface area contributed by atoms with Crippen molar-refractivity contribution in [3.63, 3.8) is 0 Å². The van der Waals surface area contributed by atoms with Crippen LogP contribution in [0.2, 0.25) is 0 Å². The summed E-state index contributed by atoms with van der Waals surface area (Å²) in [5, 5.41) is 7.19. The first-order valence-electron chi connectivity index (χ1n) is 8.46. The molecule has 0 radical (unpaired) electrons. The van der Waals surface area contributed by atoms with Gasteiger partial charge in [0.25, 0.3) is 0 Å². The molecule has 1 aliphatic carbocycles. The van der Waals surface area contributed by atoms with Crippen molar-refractivity contribution in [1.82, 2.24) is 0 Å². The van der Waals surface area contributed by atoms with Crippen molar-refractivity contribution in [2.24, 2.45) is 10.2 Å². The Kier molecular flexibility index (Phi) is 5.70. The second kappa shape index (κ2) is 8.54.